The Kier molecular flexibility index (Phi) is 5.47. The Balaban J connectivity index is 1.85. The van der Waals surface area contributed by atoms with Crippen molar-refractivity contribution in [3.63, 3.8) is 0 Å². The van der Waals surface area contributed by atoms with E-state index >= 15 is 0 Å². The second-order valence-corrected chi connectivity index (χ2v) is 7.79. The lowest BCUT2D eigenvalue weighted by molar-refractivity contribution is 0.122. The van der Waals surface area contributed by atoms with Crippen LogP contribution < -0.4 is 10.6 Å². The molecule has 9 heteroatoms. The summed E-state index contributed by atoms with van der Waals surface area (Å²) in [7, 11) is 0. The van der Waals surface area contributed by atoms with Gasteiger partial charge >= 0.3 is 0 Å². The normalized spacial score (nSPS) is 14.8. The molecule has 3 N–H and O–H groups in total. The number of fused-ring (bicyclic) bond motifs is 2. The van der Waals surface area contributed by atoms with E-state index in [0.29, 0.717) is 41.6 Å². The fourth-order valence-electron chi connectivity index (χ4n) is 4.38. The number of imidazole rings is 1. The van der Waals surface area contributed by atoms with Crippen LogP contribution in [-0.4, -0.2) is 53.0 Å². The number of anilines is 1. The molecule has 0 amide bonds. The van der Waals surface area contributed by atoms with Crippen LogP contribution in [0, 0.1) is 11.2 Å². The summed E-state index contributed by atoms with van der Waals surface area (Å²) < 4.78 is 22.1. The zero-order valence-corrected chi connectivity index (χ0v) is 18.3. The van der Waals surface area contributed by atoms with Crippen LogP contribution >= 0.6 is 0 Å². The van der Waals surface area contributed by atoms with E-state index in [0.717, 1.165) is 42.1 Å². The Bertz CT molecular complexity index is 1390. The highest BCUT2D eigenvalue weighted by Gasteiger charge is 2.21. The quantitative estimate of drug-likeness (QED) is 0.362. The maximum absolute atomic E-state index is 14.5. The van der Waals surface area contributed by atoms with Crippen molar-refractivity contribution in [3.8, 4) is 5.69 Å². The molecule has 0 saturated carbocycles. The first-order valence-corrected chi connectivity index (χ1v) is 10.9. The number of benzene rings is 2. The monoisotopic (exact) mass is 445 g/mol. The highest BCUT2D eigenvalue weighted by atomic mass is 19.1. The molecule has 1 aliphatic heterocycles. The first-order valence-electron chi connectivity index (χ1n) is 10.9. The lowest BCUT2D eigenvalue weighted by Crippen LogP contribution is -2.36. The third-order valence-electron chi connectivity index (χ3n) is 5.93. The molecule has 3 heterocycles. The van der Waals surface area contributed by atoms with Crippen LogP contribution in [0.2, 0.25) is 0 Å². The molecule has 5 rings (SSSR count). The molecule has 168 valence electrons. The van der Waals surface area contributed by atoms with Crippen LogP contribution in [0.15, 0.2) is 47.6 Å². The standard InChI is InChI=1S/C24H24FN7O/c1-2-21-30-23-17(24(27)29-14-26)12-15(31-8-10-33-11-9-31)13-20(23)32(21)19-6-7-28-22-16(19)4-3-5-18(22)25/h3-7,12-14H,2,8-11H2,1H3,(H3,26,27,29). The molecule has 0 atom stereocenters. The van der Waals surface area contributed by atoms with E-state index < -0.39 is 0 Å². The molecule has 1 saturated heterocycles. The maximum atomic E-state index is 14.5. The number of nitrogens with two attached hydrogens (primary N) is 1. The average Bonchev–Trinajstić information content (AvgIpc) is 3.22. The summed E-state index contributed by atoms with van der Waals surface area (Å²) in [5.41, 5.74) is 10.5. The van der Waals surface area contributed by atoms with Crippen LogP contribution in [0.1, 0.15) is 18.3 Å². The summed E-state index contributed by atoms with van der Waals surface area (Å²) in [5.74, 6) is 0.668. The van der Waals surface area contributed by atoms with Crippen LogP contribution in [0.25, 0.3) is 27.6 Å². The van der Waals surface area contributed by atoms with E-state index in [1.807, 2.05) is 29.7 Å². The van der Waals surface area contributed by atoms with E-state index in [1.165, 1.54) is 6.07 Å². The number of morpholine rings is 1. The lowest BCUT2D eigenvalue weighted by atomic mass is 10.1. The van der Waals surface area contributed by atoms with Gasteiger partial charge in [-0.2, -0.15) is 0 Å². The number of para-hydroxylation sites is 1. The van der Waals surface area contributed by atoms with Gasteiger partial charge < -0.3 is 15.4 Å². The molecule has 33 heavy (non-hydrogen) atoms. The molecular formula is C24H24FN7O. The van der Waals surface area contributed by atoms with Crippen LogP contribution in [0.3, 0.4) is 0 Å². The first-order chi connectivity index (χ1) is 16.1. The summed E-state index contributed by atoms with van der Waals surface area (Å²) in [4.78, 5) is 15.4. The Hall–Kier alpha value is -3.85. The van der Waals surface area contributed by atoms with Crippen LogP contribution in [0.5, 0.6) is 0 Å². The van der Waals surface area contributed by atoms with E-state index in [2.05, 4.69) is 20.9 Å². The number of pyridine rings is 1. The molecule has 1 aliphatic rings. The van der Waals surface area contributed by atoms with Gasteiger partial charge in [0.25, 0.3) is 0 Å². The Morgan fingerprint density at radius 1 is 1.24 bits per heavy atom. The van der Waals surface area contributed by atoms with Crippen LogP contribution in [0.4, 0.5) is 10.1 Å². The Morgan fingerprint density at radius 3 is 2.82 bits per heavy atom. The van der Waals surface area contributed by atoms with Crippen LogP contribution in [-0.2, 0) is 11.2 Å². The fraction of sp³-hybridized carbons (Fsp3) is 0.250. The topological polar surface area (TPSA) is 105 Å². The smallest absolute Gasteiger partial charge is 0.149 e. The molecule has 2 aromatic heterocycles. The highest BCUT2D eigenvalue weighted by molar-refractivity contribution is 6.11. The fourth-order valence-corrected chi connectivity index (χ4v) is 4.38. The zero-order chi connectivity index (χ0) is 22.9. The third kappa shape index (κ3) is 3.60. The number of amidine groups is 1. The number of hydrogen-bond acceptors (Lipinski definition) is 5. The second-order valence-electron chi connectivity index (χ2n) is 7.79. The number of ether oxygens (including phenoxy) is 1. The Labute approximate surface area is 190 Å². The van der Waals surface area contributed by atoms with E-state index in [-0.39, 0.29) is 11.7 Å². The molecular weight excluding hydrogens is 421 g/mol. The van der Waals surface area contributed by atoms with Gasteiger partial charge in [-0.25, -0.2) is 14.4 Å². The minimum absolute atomic E-state index is 0.225. The summed E-state index contributed by atoms with van der Waals surface area (Å²) >= 11 is 0. The van der Waals surface area contributed by atoms with Gasteiger partial charge in [0.2, 0.25) is 0 Å². The van der Waals surface area contributed by atoms with Crippen molar-refractivity contribution >= 4 is 39.8 Å². The van der Waals surface area contributed by atoms with E-state index in [4.69, 9.17) is 20.9 Å². The molecule has 1 fully saturated rings. The van der Waals surface area contributed by atoms with E-state index in [9.17, 15) is 4.39 Å². The molecule has 0 bridgehead atoms. The van der Waals surface area contributed by atoms with Gasteiger partial charge in [-0.05, 0) is 24.3 Å². The van der Waals surface area contributed by atoms with Gasteiger partial charge in [0.1, 0.15) is 34.8 Å². The van der Waals surface area contributed by atoms with Crippen molar-refractivity contribution in [2.75, 3.05) is 31.2 Å². The number of aryl methyl sites for hydroxylation is 1. The van der Waals surface area contributed by atoms with Crippen molar-refractivity contribution in [2.45, 2.75) is 13.3 Å². The molecule has 0 aliphatic carbocycles. The van der Waals surface area contributed by atoms with E-state index in [1.54, 1.807) is 12.3 Å². The van der Waals surface area contributed by atoms with Gasteiger partial charge in [-0.15, -0.1) is 0 Å². The third-order valence-corrected chi connectivity index (χ3v) is 5.93. The minimum Gasteiger partial charge on any atom is -0.383 e. The zero-order valence-electron chi connectivity index (χ0n) is 18.3. The maximum Gasteiger partial charge on any atom is 0.149 e. The number of nitrogens with one attached hydrogen (secondary N) is 1. The van der Waals surface area contributed by atoms with Crippen molar-refractivity contribution in [1.82, 2.24) is 14.5 Å². The summed E-state index contributed by atoms with van der Waals surface area (Å²) in [6.45, 7) is 4.82. The summed E-state index contributed by atoms with van der Waals surface area (Å²) in [6.07, 6.45) is 3.20. The number of rotatable bonds is 5. The molecule has 0 spiro atoms. The number of hydrogen-bond donors (Lipinski definition) is 2. The summed E-state index contributed by atoms with van der Waals surface area (Å²) in [5, 5.41) is 8.08. The predicted octanol–water partition coefficient (Wildman–Crippen LogP) is 3.42. The van der Waals surface area contributed by atoms with Gasteiger partial charge in [-0.1, -0.05) is 19.1 Å². The minimum atomic E-state index is -0.367. The molecule has 0 unspecified atom stereocenters. The SMILES string of the molecule is CCc1nc2c(C(N)=NC=N)cc(N3CCOCC3)cc2n1-c1ccnc2c(F)cccc12. The Morgan fingerprint density at radius 2 is 2.06 bits per heavy atom. The largest absolute Gasteiger partial charge is 0.383 e. The molecule has 8 nitrogen and oxygen atoms in total. The van der Waals surface area contributed by atoms with Crippen molar-refractivity contribution in [2.24, 2.45) is 10.7 Å². The number of nitrogens with zero attached hydrogens (tertiary/aromatic N) is 5. The highest BCUT2D eigenvalue weighted by Crippen LogP contribution is 2.32. The second kappa shape index (κ2) is 8.59. The molecule has 4 aromatic rings. The molecule has 0 radical (unpaired) electrons. The van der Waals surface area contributed by atoms with Gasteiger partial charge in [0, 0.05) is 42.3 Å². The first kappa shape index (κ1) is 21.0. The van der Waals surface area contributed by atoms with Gasteiger partial charge in [0.05, 0.1) is 24.4 Å². The van der Waals surface area contributed by atoms with Crippen molar-refractivity contribution < 1.29 is 9.13 Å². The number of aliphatic imine (C=N–C) groups is 1. The van der Waals surface area contributed by atoms with Crippen molar-refractivity contribution in [3.05, 3.63) is 59.8 Å². The van der Waals surface area contributed by atoms with Crippen molar-refractivity contribution in [1.29, 1.82) is 5.41 Å². The number of halogens is 1. The average molecular weight is 446 g/mol. The molecule has 2 aromatic carbocycles. The summed E-state index contributed by atoms with van der Waals surface area (Å²) in [6, 6.07) is 10.9. The predicted molar refractivity (Wildman–Crippen MR) is 128 cm³/mol. The van der Waals surface area contributed by atoms with Gasteiger partial charge in [-0.3, -0.25) is 15.0 Å². The van der Waals surface area contributed by atoms with Gasteiger partial charge in [0.15, 0.2) is 0 Å². The number of aromatic nitrogens is 3. The lowest BCUT2D eigenvalue weighted by Gasteiger charge is -2.29.